The van der Waals surface area contributed by atoms with Gasteiger partial charge in [-0.3, -0.25) is 4.79 Å². The average molecular weight is 436 g/mol. The molecule has 0 spiro atoms. The molecule has 0 saturated carbocycles. The van der Waals surface area contributed by atoms with Crippen molar-refractivity contribution in [3.63, 3.8) is 0 Å². The van der Waals surface area contributed by atoms with E-state index in [2.05, 4.69) is 35.1 Å². The van der Waals surface area contributed by atoms with Crippen LogP contribution in [0.5, 0.6) is 17.2 Å². The summed E-state index contributed by atoms with van der Waals surface area (Å²) >= 11 is 3.39. The fourth-order valence-electron chi connectivity index (χ4n) is 2.44. The molecule has 0 bridgehead atoms. The van der Waals surface area contributed by atoms with E-state index in [-0.39, 0.29) is 5.91 Å². The minimum atomic E-state index is -0.158. The van der Waals surface area contributed by atoms with Crippen LogP contribution in [0.4, 0.5) is 0 Å². The van der Waals surface area contributed by atoms with E-state index in [0.717, 1.165) is 16.5 Å². The van der Waals surface area contributed by atoms with Gasteiger partial charge in [-0.15, -0.1) is 0 Å². The quantitative estimate of drug-likeness (QED) is 0.613. The Labute approximate surface area is 169 Å². The lowest BCUT2D eigenvalue weighted by Gasteiger charge is -2.13. The molecule has 0 aromatic heterocycles. The van der Waals surface area contributed by atoms with Crippen LogP contribution in [0.3, 0.4) is 0 Å². The van der Waals surface area contributed by atoms with E-state index in [1.807, 2.05) is 18.2 Å². The van der Waals surface area contributed by atoms with Crippen LogP contribution in [0.15, 0.2) is 40.9 Å². The van der Waals surface area contributed by atoms with Crippen molar-refractivity contribution in [2.75, 3.05) is 20.8 Å². The van der Waals surface area contributed by atoms with Crippen LogP contribution in [-0.4, -0.2) is 26.7 Å². The van der Waals surface area contributed by atoms with Gasteiger partial charge in [0.25, 0.3) is 5.91 Å². The molecule has 2 aromatic carbocycles. The lowest BCUT2D eigenvalue weighted by molar-refractivity contribution is 0.0950. The third-order valence-electron chi connectivity index (χ3n) is 4.05. The molecule has 0 aliphatic rings. The molecule has 0 aliphatic heterocycles. The van der Waals surface area contributed by atoms with Crippen molar-refractivity contribution < 1.29 is 19.0 Å². The number of hydrogen-bond donors (Lipinski definition) is 1. The number of carbonyl (C=O) groups is 1. The number of amides is 1. The highest BCUT2D eigenvalue weighted by Gasteiger charge is 2.10. The van der Waals surface area contributed by atoms with Gasteiger partial charge in [0.05, 0.1) is 25.3 Å². The highest BCUT2D eigenvalue weighted by atomic mass is 79.9. The smallest absolute Gasteiger partial charge is 0.251 e. The summed E-state index contributed by atoms with van der Waals surface area (Å²) < 4.78 is 17.1. The summed E-state index contributed by atoms with van der Waals surface area (Å²) in [7, 11) is 3.20. The Morgan fingerprint density at radius 1 is 1.04 bits per heavy atom. The summed E-state index contributed by atoms with van der Waals surface area (Å²) in [6, 6.07) is 10.9. The van der Waals surface area contributed by atoms with Crippen molar-refractivity contribution in [3.8, 4) is 17.2 Å². The van der Waals surface area contributed by atoms with E-state index < -0.39 is 0 Å². The molecule has 6 heteroatoms. The zero-order valence-electron chi connectivity index (χ0n) is 16.2. The van der Waals surface area contributed by atoms with Crippen molar-refractivity contribution in [3.05, 3.63) is 52.0 Å². The second-order valence-electron chi connectivity index (χ2n) is 6.55. The molecule has 1 N–H and O–H groups in total. The second-order valence-corrected chi connectivity index (χ2v) is 7.40. The number of ether oxygens (including phenoxy) is 3. The lowest BCUT2D eigenvalue weighted by Crippen LogP contribution is -2.22. The summed E-state index contributed by atoms with van der Waals surface area (Å²) in [5.41, 5.74) is 1.49. The number of nitrogens with one attached hydrogen (secondary N) is 1. The zero-order chi connectivity index (χ0) is 19.8. The molecule has 0 saturated heterocycles. The van der Waals surface area contributed by atoms with Gasteiger partial charge in [-0.05, 0) is 64.2 Å². The van der Waals surface area contributed by atoms with E-state index in [1.165, 1.54) is 0 Å². The third-order valence-corrected chi connectivity index (χ3v) is 4.67. The van der Waals surface area contributed by atoms with Crippen LogP contribution in [-0.2, 0) is 6.54 Å². The van der Waals surface area contributed by atoms with Crippen LogP contribution in [0.1, 0.15) is 36.2 Å². The molecule has 2 aromatic rings. The maximum absolute atomic E-state index is 12.4. The second kappa shape index (κ2) is 10.2. The van der Waals surface area contributed by atoms with Crippen molar-refractivity contribution in [2.45, 2.75) is 26.8 Å². The van der Waals surface area contributed by atoms with Crippen LogP contribution >= 0.6 is 15.9 Å². The van der Waals surface area contributed by atoms with Crippen molar-refractivity contribution in [1.29, 1.82) is 0 Å². The van der Waals surface area contributed by atoms with Gasteiger partial charge in [0.1, 0.15) is 5.75 Å². The van der Waals surface area contributed by atoms with Crippen LogP contribution in [0.2, 0.25) is 0 Å². The third kappa shape index (κ3) is 6.17. The molecule has 0 atom stereocenters. The lowest BCUT2D eigenvalue weighted by atomic mass is 10.1. The van der Waals surface area contributed by atoms with Crippen LogP contribution in [0, 0.1) is 5.92 Å². The van der Waals surface area contributed by atoms with E-state index in [0.29, 0.717) is 41.9 Å². The Hall–Kier alpha value is -2.21. The van der Waals surface area contributed by atoms with Crippen molar-refractivity contribution >= 4 is 21.8 Å². The molecular formula is C21H26BrNO4. The van der Waals surface area contributed by atoms with E-state index in [4.69, 9.17) is 14.2 Å². The standard InChI is InChI=1S/C21H26BrNO4/c1-14(2)9-10-27-19-7-5-15(11-20(19)26-4)13-23-21(24)16-6-8-18(25-3)17(22)12-16/h5-8,11-12,14H,9-10,13H2,1-4H3,(H,23,24). The fraction of sp³-hybridized carbons (Fsp3) is 0.381. The minimum Gasteiger partial charge on any atom is -0.496 e. The van der Waals surface area contributed by atoms with Gasteiger partial charge in [0.15, 0.2) is 11.5 Å². The monoisotopic (exact) mass is 435 g/mol. The first kappa shape index (κ1) is 21.1. The number of halogens is 1. The topological polar surface area (TPSA) is 56.8 Å². The fourth-order valence-corrected chi connectivity index (χ4v) is 2.98. The molecule has 146 valence electrons. The summed E-state index contributed by atoms with van der Waals surface area (Å²) in [5, 5.41) is 2.91. The van der Waals surface area contributed by atoms with Crippen molar-refractivity contribution in [2.24, 2.45) is 5.92 Å². The first-order chi connectivity index (χ1) is 12.9. The molecule has 0 heterocycles. The minimum absolute atomic E-state index is 0.158. The first-order valence-corrected chi connectivity index (χ1v) is 9.65. The van der Waals surface area contributed by atoms with E-state index >= 15 is 0 Å². The largest absolute Gasteiger partial charge is 0.496 e. The molecule has 0 unspecified atom stereocenters. The molecule has 2 rings (SSSR count). The number of benzene rings is 2. The SMILES string of the molecule is COc1ccc(C(=O)NCc2ccc(OCCC(C)C)c(OC)c2)cc1Br. The predicted octanol–water partition coefficient (Wildman–Crippen LogP) is 4.82. The first-order valence-electron chi connectivity index (χ1n) is 8.86. The highest BCUT2D eigenvalue weighted by Crippen LogP contribution is 2.29. The molecule has 1 amide bonds. The van der Waals surface area contributed by atoms with Crippen molar-refractivity contribution in [1.82, 2.24) is 5.32 Å². The summed E-state index contributed by atoms with van der Waals surface area (Å²) in [6.45, 7) is 5.36. The van der Waals surface area contributed by atoms with Gasteiger partial charge in [0.2, 0.25) is 0 Å². The number of carbonyl (C=O) groups excluding carboxylic acids is 1. The maximum atomic E-state index is 12.4. The molecule has 27 heavy (non-hydrogen) atoms. The molecular weight excluding hydrogens is 410 g/mol. The van der Waals surface area contributed by atoms with E-state index in [1.54, 1.807) is 32.4 Å². The highest BCUT2D eigenvalue weighted by molar-refractivity contribution is 9.10. The summed E-state index contributed by atoms with van der Waals surface area (Å²) in [4.78, 5) is 12.4. The number of hydrogen-bond acceptors (Lipinski definition) is 4. The van der Waals surface area contributed by atoms with Gasteiger partial charge in [-0.25, -0.2) is 0 Å². The number of rotatable bonds is 9. The maximum Gasteiger partial charge on any atom is 0.251 e. The Kier molecular flexibility index (Phi) is 7.98. The summed E-state index contributed by atoms with van der Waals surface area (Å²) in [5.74, 6) is 2.49. The molecule has 5 nitrogen and oxygen atoms in total. The zero-order valence-corrected chi connectivity index (χ0v) is 17.8. The average Bonchev–Trinajstić information content (AvgIpc) is 2.66. The Bertz CT molecular complexity index is 777. The van der Waals surface area contributed by atoms with Crippen LogP contribution < -0.4 is 19.5 Å². The Morgan fingerprint density at radius 2 is 1.74 bits per heavy atom. The van der Waals surface area contributed by atoms with Crippen LogP contribution in [0.25, 0.3) is 0 Å². The van der Waals surface area contributed by atoms with Gasteiger partial charge >= 0.3 is 0 Å². The number of methoxy groups -OCH3 is 2. The van der Waals surface area contributed by atoms with Gasteiger partial charge in [-0.2, -0.15) is 0 Å². The normalized spacial score (nSPS) is 10.6. The molecule has 0 fully saturated rings. The van der Waals surface area contributed by atoms with E-state index in [9.17, 15) is 4.79 Å². The molecule has 0 aliphatic carbocycles. The van der Waals surface area contributed by atoms with Gasteiger partial charge < -0.3 is 19.5 Å². The Balaban J connectivity index is 1.98. The molecule has 0 radical (unpaired) electrons. The van der Waals surface area contributed by atoms with Gasteiger partial charge in [-0.1, -0.05) is 19.9 Å². The Morgan fingerprint density at radius 3 is 2.37 bits per heavy atom. The summed E-state index contributed by atoms with van der Waals surface area (Å²) in [6.07, 6.45) is 0.985. The van der Waals surface area contributed by atoms with Gasteiger partial charge in [0, 0.05) is 12.1 Å². The predicted molar refractivity (Wildman–Crippen MR) is 110 cm³/mol.